The van der Waals surface area contributed by atoms with Crippen LogP contribution in [-0.2, 0) is 21.8 Å². The number of hydrogen-bond donors (Lipinski definition) is 0. The molecule has 0 bridgehead atoms. The summed E-state index contributed by atoms with van der Waals surface area (Å²) in [5.41, 5.74) is 0.234. The molecule has 0 aliphatic rings. The number of carbonyl (C=O) groups is 1. The van der Waals surface area contributed by atoms with Crippen molar-refractivity contribution in [2.24, 2.45) is 0 Å². The molecule has 0 aliphatic carbocycles. The van der Waals surface area contributed by atoms with Gasteiger partial charge < -0.3 is 9.47 Å². The molecular weight excluding hydrogens is 401 g/mol. The highest BCUT2D eigenvalue weighted by atomic mass is 127. The second kappa shape index (κ2) is 6.60. The summed E-state index contributed by atoms with van der Waals surface area (Å²) in [6, 6.07) is 0. The fourth-order valence-electron chi connectivity index (χ4n) is 1.21. The zero-order chi connectivity index (χ0) is 14.6. The Bertz CT molecular complexity index is 482. The standard InChI is InChI=1S/C10H8ClF3INO3/c1-18-7(17)2-5-4-16-6(3-11)9(8(5)15)19-10(12,13)14/h4H,2-3H2,1H3. The predicted octanol–water partition coefficient (Wildman–Crippen LogP) is 3.04. The molecule has 0 spiro atoms. The van der Waals surface area contributed by atoms with E-state index in [4.69, 9.17) is 11.6 Å². The SMILES string of the molecule is COC(=O)Cc1cnc(CCl)c(OC(F)(F)F)c1I. The van der Waals surface area contributed by atoms with Crippen molar-refractivity contribution in [3.8, 4) is 5.75 Å². The molecule has 1 rings (SSSR count). The van der Waals surface area contributed by atoms with Crippen molar-refractivity contribution in [3.63, 3.8) is 0 Å². The molecule has 1 aromatic rings. The highest BCUT2D eigenvalue weighted by Gasteiger charge is 2.34. The third-order valence-electron chi connectivity index (χ3n) is 2.03. The second-order valence-electron chi connectivity index (χ2n) is 3.31. The average Bonchev–Trinajstić information content (AvgIpc) is 2.32. The molecule has 19 heavy (non-hydrogen) atoms. The average molecular weight is 410 g/mol. The van der Waals surface area contributed by atoms with E-state index in [1.807, 2.05) is 0 Å². The molecule has 0 N–H and O–H groups in total. The van der Waals surface area contributed by atoms with Crippen molar-refractivity contribution in [3.05, 3.63) is 21.0 Å². The van der Waals surface area contributed by atoms with Crippen LogP contribution in [0.5, 0.6) is 5.75 Å². The van der Waals surface area contributed by atoms with Crippen molar-refractivity contribution in [1.29, 1.82) is 0 Å². The molecular formula is C10H8ClF3INO3. The Kier molecular flexibility index (Phi) is 5.65. The topological polar surface area (TPSA) is 48.4 Å². The van der Waals surface area contributed by atoms with Gasteiger partial charge in [-0.25, -0.2) is 0 Å². The Balaban J connectivity index is 3.18. The molecule has 0 saturated carbocycles. The second-order valence-corrected chi connectivity index (χ2v) is 4.65. The molecule has 0 atom stereocenters. The molecule has 106 valence electrons. The van der Waals surface area contributed by atoms with Gasteiger partial charge in [-0.05, 0) is 28.2 Å². The van der Waals surface area contributed by atoms with E-state index < -0.39 is 18.1 Å². The van der Waals surface area contributed by atoms with Gasteiger partial charge in [-0.2, -0.15) is 0 Å². The molecule has 0 amide bonds. The molecule has 1 heterocycles. The Hall–Kier alpha value is -0.770. The lowest BCUT2D eigenvalue weighted by molar-refractivity contribution is -0.275. The number of pyridine rings is 1. The van der Waals surface area contributed by atoms with E-state index in [1.54, 1.807) is 22.6 Å². The third kappa shape index (κ3) is 4.68. The fourth-order valence-corrected chi connectivity index (χ4v) is 2.15. The largest absolute Gasteiger partial charge is 0.573 e. The summed E-state index contributed by atoms with van der Waals surface area (Å²) in [4.78, 5) is 14.9. The normalized spacial score (nSPS) is 11.3. The molecule has 0 fully saturated rings. The monoisotopic (exact) mass is 409 g/mol. The maximum absolute atomic E-state index is 12.3. The van der Waals surface area contributed by atoms with Gasteiger partial charge in [-0.1, -0.05) is 0 Å². The summed E-state index contributed by atoms with van der Waals surface area (Å²) in [5, 5.41) is 0. The lowest BCUT2D eigenvalue weighted by atomic mass is 10.2. The Morgan fingerprint density at radius 1 is 1.53 bits per heavy atom. The summed E-state index contributed by atoms with van der Waals surface area (Å²) in [6.45, 7) is 0. The number of esters is 1. The highest BCUT2D eigenvalue weighted by molar-refractivity contribution is 14.1. The molecule has 9 heteroatoms. The highest BCUT2D eigenvalue weighted by Crippen LogP contribution is 2.33. The maximum Gasteiger partial charge on any atom is 0.573 e. The van der Waals surface area contributed by atoms with E-state index >= 15 is 0 Å². The minimum Gasteiger partial charge on any atom is -0.469 e. The van der Waals surface area contributed by atoms with Crippen LogP contribution < -0.4 is 4.74 Å². The Morgan fingerprint density at radius 3 is 2.63 bits per heavy atom. The number of carbonyl (C=O) groups excluding carboxylic acids is 1. The number of aromatic nitrogens is 1. The van der Waals surface area contributed by atoms with Crippen LogP contribution >= 0.6 is 34.2 Å². The number of ether oxygens (including phenoxy) is 2. The summed E-state index contributed by atoms with van der Waals surface area (Å²) >= 11 is 7.16. The van der Waals surface area contributed by atoms with E-state index in [2.05, 4.69) is 14.5 Å². The van der Waals surface area contributed by atoms with Gasteiger partial charge in [0.05, 0.1) is 28.7 Å². The van der Waals surface area contributed by atoms with Gasteiger partial charge in [0, 0.05) is 6.20 Å². The summed E-state index contributed by atoms with van der Waals surface area (Å²) in [5.74, 6) is -1.30. The minimum atomic E-state index is -4.85. The first-order valence-corrected chi connectivity index (χ1v) is 6.44. The van der Waals surface area contributed by atoms with Crippen LogP contribution in [0.25, 0.3) is 0 Å². The van der Waals surface area contributed by atoms with E-state index in [0.717, 1.165) is 0 Å². The van der Waals surface area contributed by atoms with Crippen LogP contribution in [0.3, 0.4) is 0 Å². The molecule has 4 nitrogen and oxygen atoms in total. The fraction of sp³-hybridized carbons (Fsp3) is 0.400. The van der Waals surface area contributed by atoms with Crippen LogP contribution in [0.15, 0.2) is 6.20 Å². The predicted molar refractivity (Wildman–Crippen MR) is 68.9 cm³/mol. The Labute approximate surface area is 125 Å². The smallest absolute Gasteiger partial charge is 0.469 e. The summed E-state index contributed by atoms with van der Waals surface area (Å²) in [6.07, 6.45) is -3.77. The van der Waals surface area contributed by atoms with Crippen molar-refractivity contribution < 1.29 is 27.4 Å². The van der Waals surface area contributed by atoms with Gasteiger partial charge in [0.15, 0.2) is 5.75 Å². The van der Waals surface area contributed by atoms with Gasteiger partial charge in [0.1, 0.15) is 0 Å². The van der Waals surface area contributed by atoms with Crippen LogP contribution in [0, 0.1) is 3.57 Å². The number of halogens is 5. The quantitative estimate of drug-likeness (QED) is 0.436. The lowest BCUT2D eigenvalue weighted by Crippen LogP contribution is -2.20. The van der Waals surface area contributed by atoms with Gasteiger partial charge in [0.2, 0.25) is 0 Å². The zero-order valence-electron chi connectivity index (χ0n) is 9.55. The van der Waals surface area contributed by atoms with Crippen LogP contribution in [0.1, 0.15) is 11.3 Å². The molecule has 0 aliphatic heterocycles. The first-order chi connectivity index (χ1) is 8.78. The van der Waals surface area contributed by atoms with E-state index in [-0.39, 0.29) is 27.1 Å². The van der Waals surface area contributed by atoms with E-state index in [0.29, 0.717) is 0 Å². The number of nitrogens with zero attached hydrogens (tertiary/aromatic N) is 1. The lowest BCUT2D eigenvalue weighted by Gasteiger charge is -2.15. The minimum absolute atomic E-state index is 0.0444. The van der Waals surface area contributed by atoms with Gasteiger partial charge >= 0.3 is 12.3 Å². The molecule has 1 aromatic heterocycles. The van der Waals surface area contributed by atoms with Crippen LogP contribution in [0.4, 0.5) is 13.2 Å². The van der Waals surface area contributed by atoms with Gasteiger partial charge in [0.25, 0.3) is 0 Å². The molecule has 0 radical (unpaired) electrons. The summed E-state index contributed by atoms with van der Waals surface area (Å²) in [7, 11) is 1.18. The Morgan fingerprint density at radius 2 is 2.16 bits per heavy atom. The van der Waals surface area contributed by atoms with Crippen LogP contribution in [0.2, 0.25) is 0 Å². The van der Waals surface area contributed by atoms with Crippen molar-refractivity contribution in [2.45, 2.75) is 18.7 Å². The zero-order valence-corrected chi connectivity index (χ0v) is 12.5. The number of alkyl halides is 4. The third-order valence-corrected chi connectivity index (χ3v) is 3.46. The van der Waals surface area contributed by atoms with Crippen molar-refractivity contribution in [1.82, 2.24) is 4.98 Å². The van der Waals surface area contributed by atoms with E-state index in [1.165, 1.54) is 13.3 Å². The van der Waals surface area contributed by atoms with Crippen molar-refractivity contribution >= 4 is 40.2 Å². The number of rotatable bonds is 4. The molecule has 0 unspecified atom stereocenters. The van der Waals surface area contributed by atoms with Crippen LogP contribution in [-0.4, -0.2) is 24.4 Å². The van der Waals surface area contributed by atoms with Crippen molar-refractivity contribution in [2.75, 3.05) is 7.11 Å². The van der Waals surface area contributed by atoms with E-state index in [9.17, 15) is 18.0 Å². The number of hydrogen-bond acceptors (Lipinski definition) is 4. The first-order valence-electron chi connectivity index (χ1n) is 4.83. The molecule has 0 saturated heterocycles. The molecule has 0 aromatic carbocycles. The number of methoxy groups -OCH3 is 1. The summed E-state index contributed by atoms with van der Waals surface area (Å²) < 4.78 is 45.4. The first kappa shape index (κ1) is 16.3. The van der Waals surface area contributed by atoms with Gasteiger partial charge in [-0.3, -0.25) is 9.78 Å². The maximum atomic E-state index is 12.3. The van der Waals surface area contributed by atoms with Gasteiger partial charge in [-0.15, -0.1) is 24.8 Å².